The first-order valence-electron chi connectivity index (χ1n) is 11.4. The molecule has 0 aromatic heterocycles. The van der Waals surface area contributed by atoms with Crippen LogP contribution in [0, 0.1) is 18.8 Å². The van der Waals surface area contributed by atoms with Gasteiger partial charge in [0.25, 0.3) is 0 Å². The number of aliphatic hydroxyl groups excluding tert-OH is 1. The molecule has 0 heterocycles. The number of carbonyl (C=O) groups is 2. The minimum atomic E-state index is -1.26. The second kappa shape index (κ2) is 13.5. The van der Waals surface area contributed by atoms with Gasteiger partial charge in [0.15, 0.2) is 6.04 Å². The van der Waals surface area contributed by atoms with Crippen LogP contribution in [0.25, 0.3) is 0 Å². The van der Waals surface area contributed by atoms with Crippen LogP contribution in [0.4, 0.5) is 4.79 Å². The third-order valence-corrected chi connectivity index (χ3v) is 4.79. The molecule has 1 aromatic carbocycles. The van der Waals surface area contributed by atoms with Gasteiger partial charge in [-0.3, -0.25) is 0 Å². The van der Waals surface area contributed by atoms with Gasteiger partial charge in [-0.15, -0.1) is 0 Å². The van der Waals surface area contributed by atoms with E-state index in [-0.39, 0.29) is 19.1 Å². The van der Waals surface area contributed by atoms with Gasteiger partial charge < -0.3 is 29.7 Å². The number of aliphatic hydroxyl groups is 1. The number of rotatable bonds is 13. The van der Waals surface area contributed by atoms with E-state index < -0.39 is 35.9 Å². The van der Waals surface area contributed by atoms with Gasteiger partial charge in [-0.05, 0) is 52.5 Å². The highest BCUT2D eigenvalue weighted by atomic mass is 16.6. The standard InChI is InChI=1S/C25H41NO7/c1-16(2)13-32-22(18(4)27)20(12-19-10-8-17(3)9-11-19)14-31-15-21(23(28)29)26-24(30)33-25(5,6)7/h8-11,16,18,20-22,27H,12-15H2,1-7H3,(H,26,30)(H,28,29)/t18-,20-,21?,22-/m0/s1. The topological polar surface area (TPSA) is 114 Å². The quantitative estimate of drug-likeness (QED) is 0.406. The highest BCUT2D eigenvalue weighted by Crippen LogP contribution is 2.20. The van der Waals surface area contributed by atoms with Crippen molar-refractivity contribution in [2.24, 2.45) is 11.8 Å². The van der Waals surface area contributed by atoms with E-state index in [1.54, 1.807) is 27.7 Å². The molecule has 1 aromatic rings. The number of aryl methyl sites for hydroxylation is 1. The molecule has 4 atom stereocenters. The number of amides is 1. The van der Waals surface area contributed by atoms with Crippen LogP contribution in [0.15, 0.2) is 24.3 Å². The number of carboxylic acid groups (broad SMARTS) is 1. The number of carbonyl (C=O) groups excluding carboxylic acids is 1. The van der Waals surface area contributed by atoms with Crippen molar-refractivity contribution in [2.75, 3.05) is 19.8 Å². The van der Waals surface area contributed by atoms with Crippen LogP contribution in [0.1, 0.15) is 52.7 Å². The molecule has 0 fully saturated rings. The molecule has 1 unspecified atom stereocenters. The van der Waals surface area contributed by atoms with Gasteiger partial charge in [0.05, 0.1) is 25.4 Å². The van der Waals surface area contributed by atoms with E-state index in [1.807, 2.05) is 45.0 Å². The molecule has 8 nitrogen and oxygen atoms in total. The Hall–Kier alpha value is -2.16. The largest absolute Gasteiger partial charge is 0.480 e. The molecule has 0 aliphatic heterocycles. The van der Waals surface area contributed by atoms with E-state index in [2.05, 4.69) is 5.32 Å². The average Bonchev–Trinajstić information content (AvgIpc) is 2.66. The summed E-state index contributed by atoms with van der Waals surface area (Å²) in [6, 6.07) is 6.82. The van der Waals surface area contributed by atoms with Gasteiger partial charge in [0.2, 0.25) is 0 Å². The maximum atomic E-state index is 12.0. The Kier molecular flexibility index (Phi) is 11.8. The summed E-state index contributed by atoms with van der Waals surface area (Å²) >= 11 is 0. The van der Waals surface area contributed by atoms with Crippen LogP contribution in [0.5, 0.6) is 0 Å². The Bertz CT molecular complexity index is 725. The zero-order valence-corrected chi connectivity index (χ0v) is 21.0. The van der Waals surface area contributed by atoms with E-state index in [0.717, 1.165) is 11.1 Å². The van der Waals surface area contributed by atoms with Crippen LogP contribution >= 0.6 is 0 Å². The van der Waals surface area contributed by atoms with Crippen molar-refractivity contribution < 1.29 is 34.0 Å². The highest BCUT2D eigenvalue weighted by Gasteiger charge is 2.29. The highest BCUT2D eigenvalue weighted by molar-refractivity contribution is 5.80. The number of alkyl carbamates (subject to hydrolysis) is 1. The smallest absolute Gasteiger partial charge is 0.408 e. The Balaban J connectivity index is 2.88. The molecule has 1 rings (SSSR count). The molecule has 3 N–H and O–H groups in total. The Morgan fingerprint density at radius 3 is 2.12 bits per heavy atom. The van der Waals surface area contributed by atoms with Crippen molar-refractivity contribution in [2.45, 2.75) is 78.7 Å². The van der Waals surface area contributed by atoms with Gasteiger partial charge in [-0.2, -0.15) is 0 Å². The number of hydrogen-bond donors (Lipinski definition) is 3. The van der Waals surface area contributed by atoms with Crippen LogP contribution < -0.4 is 5.32 Å². The van der Waals surface area contributed by atoms with Crippen molar-refractivity contribution >= 4 is 12.1 Å². The van der Waals surface area contributed by atoms with Crippen LogP contribution in [0.3, 0.4) is 0 Å². The van der Waals surface area contributed by atoms with E-state index in [1.165, 1.54) is 0 Å². The molecule has 33 heavy (non-hydrogen) atoms. The molecule has 0 saturated heterocycles. The first kappa shape index (κ1) is 28.9. The van der Waals surface area contributed by atoms with Crippen molar-refractivity contribution in [3.8, 4) is 0 Å². The van der Waals surface area contributed by atoms with Crippen molar-refractivity contribution in [1.82, 2.24) is 5.32 Å². The third-order valence-electron chi connectivity index (χ3n) is 4.79. The second-order valence-corrected chi connectivity index (χ2v) is 9.96. The first-order valence-corrected chi connectivity index (χ1v) is 11.4. The third kappa shape index (κ3) is 12.0. The molecule has 0 bridgehead atoms. The summed E-state index contributed by atoms with van der Waals surface area (Å²) in [5.74, 6) is -1.15. The van der Waals surface area contributed by atoms with E-state index >= 15 is 0 Å². The Labute approximate surface area is 197 Å². The zero-order chi connectivity index (χ0) is 25.2. The lowest BCUT2D eigenvalue weighted by molar-refractivity contribution is -0.142. The Morgan fingerprint density at radius 2 is 1.64 bits per heavy atom. The maximum absolute atomic E-state index is 12.0. The summed E-state index contributed by atoms with van der Waals surface area (Å²) in [6.07, 6.45) is -1.46. The summed E-state index contributed by atoms with van der Waals surface area (Å²) < 4.78 is 16.9. The van der Waals surface area contributed by atoms with Gasteiger partial charge in [0, 0.05) is 12.5 Å². The second-order valence-electron chi connectivity index (χ2n) is 9.96. The van der Waals surface area contributed by atoms with Gasteiger partial charge in [-0.1, -0.05) is 43.7 Å². The van der Waals surface area contributed by atoms with E-state index in [4.69, 9.17) is 14.2 Å². The first-order chi connectivity index (χ1) is 15.3. The van der Waals surface area contributed by atoms with E-state index in [0.29, 0.717) is 18.9 Å². The van der Waals surface area contributed by atoms with E-state index in [9.17, 15) is 19.8 Å². The van der Waals surface area contributed by atoms with Gasteiger partial charge in [-0.25, -0.2) is 9.59 Å². The maximum Gasteiger partial charge on any atom is 0.408 e. The molecule has 188 valence electrons. The minimum absolute atomic E-state index is 0.154. The van der Waals surface area contributed by atoms with Crippen LogP contribution in [0.2, 0.25) is 0 Å². The lowest BCUT2D eigenvalue weighted by Gasteiger charge is -2.31. The fraction of sp³-hybridized carbons (Fsp3) is 0.680. The molecule has 8 heteroatoms. The number of hydrogen-bond acceptors (Lipinski definition) is 6. The normalized spacial score (nSPS) is 15.5. The zero-order valence-electron chi connectivity index (χ0n) is 21.0. The number of nitrogens with one attached hydrogen (secondary N) is 1. The monoisotopic (exact) mass is 467 g/mol. The van der Waals surface area contributed by atoms with Crippen molar-refractivity contribution in [3.05, 3.63) is 35.4 Å². The molecule has 1 amide bonds. The number of aliphatic carboxylic acids is 1. The van der Waals surface area contributed by atoms with Crippen LogP contribution in [-0.4, -0.2) is 65.9 Å². The van der Waals surface area contributed by atoms with Crippen molar-refractivity contribution in [1.29, 1.82) is 0 Å². The van der Waals surface area contributed by atoms with Crippen LogP contribution in [-0.2, 0) is 25.4 Å². The molecule has 0 spiro atoms. The molecule has 0 aliphatic carbocycles. The molecule has 0 aliphatic rings. The van der Waals surface area contributed by atoms with Gasteiger partial charge >= 0.3 is 12.1 Å². The summed E-state index contributed by atoms with van der Waals surface area (Å²) in [7, 11) is 0. The summed E-state index contributed by atoms with van der Waals surface area (Å²) in [5.41, 5.74) is 1.47. The SMILES string of the molecule is Cc1ccc(C[C@@H](COCC(NC(=O)OC(C)(C)C)C(=O)O)[C@@H](OCC(C)C)[C@H](C)O)cc1. The fourth-order valence-electron chi connectivity index (χ4n) is 3.23. The number of ether oxygens (including phenoxy) is 3. The minimum Gasteiger partial charge on any atom is -0.480 e. The molecule has 0 saturated carbocycles. The number of benzene rings is 1. The molecular formula is C25H41NO7. The summed E-state index contributed by atoms with van der Waals surface area (Å²) in [4.78, 5) is 23.6. The molecular weight excluding hydrogens is 426 g/mol. The summed E-state index contributed by atoms with van der Waals surface area (Å²) in [5, 5.41) is 22.2. The van der Waals surface area contributed by atoms with Crippen molar-refractivity contribution in [3.63, 3.8) is 0 Å². The predicted molar refractivity (Wildman–Crippen MR) is 126 cm³/mol. The lowest BCUT2D eigenvalue weighted by atomic mass is 9.91. The fourth-order valence-corrected chi connectivity index (χ4v) is 3.23. The lowest BCUT2D eigenvalue weighted by Crippen LogP contribution is -2.46. The number of carboxylic acids is 1. The Morgan fingerprint density at radius 1 is 1.03 bits per heavy atom. The van der Waals surface area contributed by atoms with Gasteiger partial charge in [0.1, 0.15) is 5.60 Å². The predicted octanol–water partition coefficient (Wildman–Crippen LogP) is 3.57. The average molecular weight is 468 g/mol. The molecule has 0 radical (unpaired) electrons. The summed E-state index contributed by atoms with van der Waals surface area (Å²) in [6.45, 7) is 13.2.